The zero-order valence-electron chi connectivity index (χ0n) is 13.4. The summed E-state index contributed by atoms with van der Waals surface area (Å²) in [5.41, 5.74) is 1.12. The van der Waals surface area contributed by atoms with Crippen molar-refractivity contribution in [3.63, 3.8) is 0 Å². The number of anilines is 1. The zero-order chi connectivity index (χ0) is 18.5. The van der Waals surface area contributed by atoms with E-state index >= 15 is 0 Å². The molecule has 3 rings (SSSR count). The molecule has 3 aromatic rings. The van der Waals surface area contributed by atoms with E-state index in [1.165, 1.54) is 24.4 Å². The highest BCUT2D eigenvalue weighted by molar-refractivity contribution is 6.05. The lowest BCUT2D eigenvalue weighted by molar-refractivity contribution is -0.119. The number of hydrogen-bond donors (Lipinski definition) is 2. The molecule has 6 nitrogen and oxygen atoms in total. The van der Waals surface area contributed by atoms with Gasteiger partial charge in [0.25, 0.3) is 5.91 Å². The van der Waals surface area contributed by atoms with E-state index in [2.05, 4.69) is 15.0 Å². The second kappa shape index (κ2) is 7.64. The van der Waals surface area contributed by atoms with Crippen molar-refractivity contribution in [1.82, 2.24) is 4.98 Å². The number of rotatable bonds is 6. The van der Waals surface area contributed by atoms with Crippen LogP contribution in [-0.4, -0.2) is 30.1 Å². The Balaban J connectivity index is 1.62. The van der Waals surface area contributed by atoms with E-state index in [-0.39, 0.29) is 11.4 Å². The summed E-state index contributed by atoms with van der Waals surface area (Å²) in [5, 5.41) is 3.05. The maximum Gasteiger partial charge on any atom is 0.387 e. The van der Waals surface area contributed by atoms with Gasteiger partial charge in [0, 0.05) is 17.1 Å². The van der Waals surface area contributed by atoms with Gasteiger partial charge in [-0.2, -0.15) is 8.78 Å². The lowest BCUT2D eigenvalue weighted by atomic mass is 10.2. The average molecular weight is 360 g/mol. The molecule has 0 saturated heterocycles. The molecule has 0 saturated carbocycles. The van der Waals surface area contributed by atoms with E-state index in [4.69, 9.17) is 4.74 Å². The van der Waals surface area contributed by atoms with Gasteiger partial charge in [-0.25, -0.2) is 4.79 Å². The van der Waals surface area contributed by atoms with Crippen LogP contribution in [0, 0.1) is 0 Å². The molecule has 1 aromatic heterocycles. The predicted molar refractivity (Wildman–Crippen MR) is 90.3 cm³/mol. The highest BCUT2D eigenvalue weighted by Crippen LogP contribution is 2.25. The molecule has 0 aliphatic heterocycles. The molecular weight excluding hydrogens is 346 g/mol. The van der Waals surface area contributed by atoms with E-state index in [0.29, 0.717) is 10.9 Å². The molecule has 0 fully saturated rings. The smallest absolute Gasteiger partial charge is 0.387 e. The monoisotopic (exact) mass is 360 g/mol. The Morgan fingerprint density at radius 3 is 2.62 bits per heavy atom. The van der Waals surface area contributed by atoms with Gasteiger partial charge in [0.2, 0.25) is 0 Å². The van der Waals surface area contributed by atoms with Gasteiger partial charge in [-0.15, -0.1) is 0 Å². The van der Waals surface area contributed by atoms with E-state index in [1.54, 1.807) is 24.3 Å². The van der Waals surface area contributed by atoms with Crippen molar-refractivity contribution >= 4 is 28.5 Å². The number of carbonyl (C=O) groups is 2. The Hall–Kier alpha value is -3.42. The molecular formula is C18H14F2N2O4. The van der Waals surface area contributed by atoms with Crippen molar-refractivity contribution < 1.29 is 27.8 Å². The molecule has 0 spiro atoms. The molecule has 0 unspecified atom stereocenters. The molecule has 26 heavy (non-hydrogen) atoms. The number of halogens is 2. The summed E-state index contributed by atoms with van der Waals surface area (Å²) in [6.45, 7) is -3.59. The summed E-state index contributed by atoms with van der Waals surface area (Å²) in [6.07, 6.45) is 1.50. The standard InChI is InChI=1S/C18H14F2N2O4/c19-18(20)26-15-8-4-3-7-14(15)22-16(23)10-25-17(24)12-9-21-13-6-2-1-5-11(12)13/h1-9,18,21H,10H2,(H,22,23). The lowest BCUT2D eigenvalue weighted by Gasteiger charge is -2.11. The minimum Gasteiger partial charge on any atom is -0.452 e. The number of para-hydroxylation sites is 3. The van der Waals surface area contributed by atoms with Crippen molar-refractivity contribution in [3.8, 4) is 5.75 Å². The fourth-order valence-electron chi connectivity index (χ4n) is 2.40. The maximum atomic E-state index is 12.4. The van der Waals surface area contributed by atoms with Crippen LogP contribution in [0.1, 0.15) is 10.4 Å². The molecule has 0 aliphatic carbocycles. The molecule has 2 aromatic carbocycles. The van der Waals surface area contributed by atoms with Crippen LogP contribution >= 0.6 is 0 Å². The minimum absolute atomic E-state index is 0.0564. The van der Waals surface area contributed by atoms with Gasteiger partial charge >= 0.3 is 12.6 Å². The van der Waals surface area contributed by atoms with Crippen molar-refractivity contribution in [2.75, 3.05) is 11.9 Å². The Morgan fingerprint density at radius 1 is 1.08 bits per heavy atom. The SMILES string of the molecule is O=C(COC(=O)c1c[nH]c2ccccc12)Nc1ccccc1OC(F)F. The van der Waals surface area contributed by atoms with Gasteiger partial charge in [-0.05, 0) is 18.2 Å². The third-order valence-corrected chi connectivity index (χ3v) is 3.52. The molecule has 1 heterocycles. The van der Waals surface area contributed by atoms with Crippen molar-refractivity contribution in [2.24, 2.45) is 0 Å². The van der Waals surface area contributed by atoms with E-state index in [1.807, 2.05) is 6.07 Å². The molecule has 1 amide bonds. The molecule has 0 radical (unpaired) electrons. The Bertz CT molecular complexity index is 940. The van der Waals surface area contributed by atoms with Gasteiger partial charge in [0.1, 0.15) is 5.75 Å². The van der Waals surface area contributed by atoms with Crippen LogP contribution in [0.4, 0.5) is 14.5 Å². The van der Waals surface area contributed by atoms with Gasteiger partial charge in [-0.3, -0.25) is 4.79 Å². The van der Waals surface area contributed by atoms with Crippen LogP contribution in [0.25, 0.3) is 10.9 Å². The van der Waals surface area contributed by atoms with Gasteiger partial charge in [0.05, 0.1) is 11.3 Å². The maximum absolute atomic E-state index is 12.4. The molecule has 2 N–H and O–H groups in total. The number of aromatic amines is 1. The normalized spacial score (nSPS) is 10.7. The third kappa shape index (κ3) is 3.97. The number of H-pyrrole nitrogens is 1. The number of carbonyl (C=O) groups excluding carboxylic acids is 2. The highest BCUT2D eigenvalue weighted by Gasteiger charge is 2.16. The number of benzene rings is 2. The second-order valence-electron chi connectivity index (χ2n) is 5.25. The van der Waals surface area contributed by atoms with E-state index < -0.39 is 25.1 Å². The summed E-state index contributed by atoms with van der Waals surface area (Å²) >= 11 is 0. The Kier molecular flexibility index (Phi) is 5.12. The number of nitrogens with one attached hydrogen (secondary N) is 2. The molecule has 0 bridgehead atoms. The fourth-order valence-corrected chi connectivity index (χ4v) is 2.40. The number of ether oxygens (including phenoxy) is 2. The van der Waals surface area contributed by atoms with Crippen LogP contribution in [0.5, 0.6) is 5.75 Å². The summed E-state index contributed by atoms with van der Waals surface area (Å²) in [4.78, 5) is 27.0. The van der Waals surface area contributed by atoms with Crippen LogP contribution < -0.4 is 10.1 Å². The summed E-state index contributed by atoms with van der Waals surface area (Å²) in [5.74, 6) is -1.53. The first-order valence-corrected chi connectivity index (χ1v) is 7.61. The topological polar surface area (TPSA) is 80.4 Å². The molecule has 0 atom stereocenters. The highest BCUT2D eigenvalue weighted by atomic mass is 19.3. The van der Waals surface area contributed by atoms with Crippen LogP contribution in [0.2, 0.25) is 0 Å². The molecule has 8 heteroatoms. The van der Waals surface area contributed by atoms with Gasteiger partial charge < -0.3 is 19.8 Å². The Morgan fingerprint density at radius 2 is 1.81 bits per heavy atom. The van der Waals surface area contributed by atoms with Gasteiger partial charge in [0.15, 0.2) is 6.61 Å². The third-order valence-electron chi connectivity index (χ3n) is 3.52. The first kappa shape index (κ1) is 17.4. The van der Waals surface area contributed by atoms with Crippen LogP contribution in [-0.2, 0) is 9.53 Å². The largest absolute Gasteiger partial charge is 0.452 e. The van der Waals surface area contributed by atoms with Crippen LogP contribution in [0.15, 0.2) is 54.7 Å². The first-order valence-electron chi connectivity index (χ1n) is 7.61. The van der Waals surface area contributed by atoms with Crippen LogP contribution in [0.3, 0.4) is 0 Å². The average Bonchev–Trinajstić information content (AvgIpc) is 3.05. The molecule has 0 aliphatic rings. The Labute approximate surface area is 146 Å². The number of esters is 1. The summed E-state index contributed by atoms with van der Waals surface area (Å²) < 4.78 is 34.0. The number of alkyl halides is 2. The van der Waals surface area contributed by atoms with Gasteiger partial charge in [-0.1, -0.05) is 30.3 Å². The molecule has 134 valence electrons. The van der Waals surface area contributed by atoms with Crippen molar-refractivity contribution in [2.45, 2.75) is 6.61 Å². The number of amides is 1. The first-order chi connectivity index (χ1) is 12.5. The number of fused-ring (bicyclic) bond motifs is 1. The number of hydrogen-bond acceptors (Lipinski definition) is 4. The van der Waals surface area contributed by atoms with Crippen molar-refractivity contribution in [1.29, 1.82) is 0 Å². The summed E-state index contributed by atoms with van der Waals surface area (Å²) in [7, 11) is 0. The summed E-state index contributed by atoms with van der Waals surface area (Å²) in [6, 6.07) is 12.9. The van der Waals surface area contributed by atoms with Crippen molar-refractivity contribution in [3.05, 3.63) is 60.3 Å². The predicted octanol–water partition coefficient (Wildman–Crippen LogP) is 3.56. The lowest BCUT2D eigenvalue weighted by Crippen LogP contribution is -2.21. The zero-order valence-corrected chi connectivity index (χ0v) is 13.4. The fraction of sp³-hybridized carbons (Fsp3) is 0.111. The second-order valence-corrected chi connectivity index (χ2v) is 5.25. The minimum atomic E-state index is -3.02. The number of aromatic nitrogens is 1. The van der Waals surface area contributed by atoms with E-state index in [0.717, 1.165) is 5.52 Å². The quantitative estimate of drug-likeness (QED) is 0.659. The van der Waals surface area contributed by atoms with E-state index in [9.17, 15) is 18.4 Å².